The molecule has 0 bridgehead atoms. The number of methoxy groups -OCH3 is 1. The minimum absolute atomic E-state index is 0.414. The molecule has 0 radical (unpaired) electrons. The van der Waals surface area contributed by atoms with Crippen molar-refractivity contribution in [3.63, 3.8) is 0 Å². The lowest BCUT2D eigenvalue weighted by Crippen LogP contribution is -2.11. The van der Waals surface area contributed by atoms with E-state index in [2.05, 4.69) is 0 Å². The fraction of sp³-hybridized carbons (Fsp3) is 0.294. The topological polar surface area (TPSA) is 61.4 Å². The summed E-state index contributed by atoms with van der Waals surface area (Å²) in [7, 11) is 1.35. The van der Waals surface area contributed by atoms with Crippen LogP contribution in [0.25, 0.3) is 21.9 Å². The molecule has 0 aliphatic heterocycles. The van der Waals surface area contributed by atoms with Crippen LogP contribution >= 0.6 is 0 Å². The molecule has 0 fully saturated rings. The van der Waals surface area contributed by atoms with Gasteiger partial charge in [-0.25, -0.2) is 9.59 Å². The number of rotatable bonds is 3. The number of aryl methyl sites for hydroxylation is 2. The summed E-state index contributed by atoms with van der Waals surface area (Å²) in [6, 6.07) is 7.36. The van der Waals surface area contributed by atoms with E-state index in [0.29, 0.717) is 35.2 Å². The van der Waals surface area contributed by atoms with Gasteiger partial charge in [0.1, 0.15) is 11.3 Å². The molecule has 22 heavy (non-hydrogen) atoms. The van der Waals surface area contributed by atoms with Gasteiger partial charge in [-0.05, 0) is 31.0 Å². The van der Waals surface area contributed by atoms with E-state index in [1.807, 2.05) is 36.6 Å². The Labute approximate surface area is 127 Å². The van der Waals surface area contributed by atoms with Crippen molar-refractivity contribution in [1.29, 1.82) is 0 Å². The zero-order valence-corrected chi connectivity index (χ0v) is 12.8. The molecule has 0 saturated heterocycles. The molecule has 0 saturated carbocycles. The molecule has 5 heteroatoms. The summed E-state index contributed by atoms with van der Waals surface area (Å²) >= 11 is 0. The predicted molar refractivity (Wildman–Crippen MR) is 84.4 cm³/mol. The maximum absolute atomic E-state index is 12.4. The predicted octanol–water partition coefficient (Wildman–Crippen LogP) is 3.12. The van der Waals surface area contributed by atoms with Crippen molar-refractivity contribution in [2.75, 3.05) is 7.11 Å². The van der Waals surface area contributed by atoms with Crippen LogP contribution in [0.5, 0.6) is 0 Å². The van der Waals surface area contributed by atoms with Gasteiger partial charge in [-0.2, -0.15) is 0 Å². The molecule has 0 spiro atoms. The Morgan fingerprint density at radius 2 is 2.00 bits per heavy atom. The summed E-state index contributed by atoms with van der Waals surface area (Å²) < 4.78 is 12.2. The largest absolute Gasteiger partial charge is 0.464 e. The van der Waals surface area contributed by atoms with Gasteiger partial charge in [-0.1, -0.05) is 19.1 Å². The van der Waals surface area contributed by atoms with Gasteiger partial charge in [-0.3, -0.25) is 0 Å². The fourth-order valence-electron chi connectivity index (χ4n) is 3.06. The van der Waals surface area contributed by atoms with E-state index >= 15 is 0 Å². The zero-order valence-electron chi connectivity index (χ0n) is 12.8. The summed E-state index contributed by atoms with van der Waals surface area (Å²) in [5.74, 6) is -0.432. The van der Waals surface area contributed by atoms with Crippen molar-refractivity contribution in [1.82, 2.24) is 4.57 Å². The third-order valence-electron chi connectivity index (χ3n) is 3.96. The summed E-state index contributed by atoms with van der Waals surface area (Å²) in [5.41, 5.74) is 1.97. The van der Waals surface area contributed by atoms with Gasteiger partial charge >= 0.3 is 11.6 Å². The van der Waals surface area contributed by atoms with Crippen LogP contribution in [-0.2, 0) is 17.7 Å². The summed E-state index contributed by atoms with van der Waals surface area (Å²) in [4.78, 5) is 24.6. The van der Waals surface area contributed by atoms with E-state index in [1.54, 1.807) is 6.07 Å². The van der Waals surface area contributed by atoms with Crippen molar-refractivity contribution in [2.24, 2.45) is 0 Å². The number of hydrogen-bond acceptors (Lipinski definition) is 4. The Morgan fingerprint density at radius 1 is 1.27 bits per heavy atom. The van der Waals surface area contributed by atoms with Gasteiger partial charge in [0.2, 0.25) is 0 Å². The maximum Gasteiger partial charge on any atom is 0.355 e. The minimum Gasteiger partial charge on any atom is -0.464 e. The molecule has 1 aromatic carbocycles. The van der Waals surface area contributed by atoms with Crippen LogP contribution in [-0.4, -0.2) is 17.6 Å². The molecular formula is C17H17NO4. The molecule has 5 nitrogen and oxygen atoms in total. The number of carbonyl (C=O) groups excluding carboxylic acids is 1. The molecule has 0 N–H and O–H groups in total. The van der Waals surface area contributed by atoms with E-state index in [0.717, 1.165) is 10.9 Å². The van der Waals surface area contributed by atoms with E-state index in [1.165, 1.54) is 7.11 Å². The SMILES string of the molecule is CCc1c(C(=O)OC)n(CC)c2c1c(=O)oc1ccccc12. The van der Waals surface area contributed by atoms with Crippen molar-refractivity contribution in [3.8, 4) is 0 Å². The molecule has 3 rings (SSSR count). The van der Waals surface area contributed by atoms with Crippen LogP contribution in [0.1, 0.15) is 29.9 Å². The Bertz CT molecular complexity index is 933. The van der Waals surface area contributed by atoms with Crippen LogP contribution in [0, 0.1) is 0 Å². The number of fused-ring (bicyclic) bond motifs is 3. The van der Waals surface area contributed by atoms with Gasteiger partial charge in [0.25, 0.3) is 0 Å². The van der Waals surface area contributed by atoms with Crippen molar-refractivity contribution in [3.05, 3.63) is 45.9 Å². The van der Waals surface area contributed by atoms with E-state index in [9.17, 15) is 9.59 Å². The van der Waals surface area contributed by atoms with Crippen LogP contribution in [0.15, 0.2) is 33.5 Å². The Morgan fingerprint density at radius 3 is 2.64 bits per heavy atom. The molecule has 2 aromatic heterocycles. The number of carbonyl (C=O) groups is 1. The third kappa shape index (κ3) is 1.85. The number of nitrogens with zero attached hydrogens (tertiary/aromatic N) is 1. The smallest absolute Gasteiger partial charge is 0.355 e. The standard InChI is InChI=1S/C17H17NO4/c1-4-10-13-14(18(5-2)15(10)17(20)21-3)11-8-6-7-9-12(11)22-16(13)19/h6-9H,4-5H2,1-3H3. The average molecular weight is 299 g/mol. The van der Waals surface area contributed by atoms with E-state index < -0.39 is 11.6 Å². The lowest BCUT2D eigenvalue weighted by Gasteiger charge is -2.08. The van der Waals surface area contributed by atoms with E-state index in [-0.39, 0.29) is 0 Å². The molecule has 0 aliphatic carbocycles. The second-order valence-electron chi connectivity index (χ2n) is 5.03. The molecule has 0 amide bonds. The molecule has 0 aliphatic rings. The monoisotopic (exact) mass is 299 g/mol. The molecular weight excluding hydrogens is 282 g/mol. The Balaban J connectivity index is 2.63. The lowest BCUT2D eigenvalue weighted by atomic mass is 10.1. The molecule has 3 aromatic rings. The fourth-order valence-corrected chi connectivity index (χ4v) is 3.06. The van der Waals surface area contributed by atoms with Crippen LogP contribution < -0.4 is 5.63 Å². The van der Waals surface area contributed by atoms with Crippen molar-refractivity contribution >= 4 is 27.8 Å². The highest BCUT2D eigenvalue weighted by molar-refractivity contribution is 6.08. The van der Waals surface area contributed by atoms with Crippen LogP contribution in [0.3, 0.4) is 0 Å². The summed E-state index contributed by atoms with van der Waals surface area (Å²) in [6.07, 6.45) is 0.553. The highest BCUT2D eigenvalue weighted by Crippen LogP contribution is 2.30. The third-order valence-corrected chi connectivity index (χ3v) is 3.96. The van der Waals surface area contributed by atoms with Crippen LogP contribution in [0.2, 0.25) is 0 Å². The molecule has 0 unspecified atom stereocenters. The van der Waals surface area contributed by atoms with Gasteiger partial charge in [0.15, 0.2) is 0 Å². The molecule has 114 valence electrons. The van der Waals surface area contributed by atoms with Gasteiger partial charge in [-0.15, -0.1) is 0 Å². The number of para-hydroxylation sites is 1. The van der Waals surface area contributed by atoms with Gasteiger partial charge < -0.3 is 13.7 Å². The van der Waals surface area contributed by atoms with Crippen LogP contribution in [0.4, 0.5) is 0 Å². The number of esters is 1. The lowest BCUT2D eigenvalue weighted by molar-refractivity contribution is 0.0588. The van der Waals surface area contributed by atoms with Crippen molar-refractivity contribution < 1.29 is 13.9 Å². The first-order valence-electron chi connectivity index (χ1n) is 7.29. The van der Waals surface area contributed by atoms with Gasteiger partial charge in [0, 0.05) is 11.9 Å². The zero-order chi connectivity index (χ0) is 15.9. The number of hydrogen-bond donors (Lipinski definition) is 0. The number of aromatic nitrogens is 1. The normalized spacial score (nSPS) is 11.2. The summed E-state index contributed by atoms with van der Waals surface area (Å²) in [5, 5.41) is 1.30. The first kappa shape index (κ1) is 14.4. The first-order valence-corrected chi connectivity index (χ1v) is 7.29. The van der Waals surface area contributed by atoms with Crippen molar-refractivity contribution in [2.45, 2.75) is 26.8 Å². The molecule has 0 atom stereocenters. The van der Waals surface area contributed by atoms with E-state index in [4.69, 9.17) is 9.15 Å². The number of ether oxygens (including phenoxy) is 1. The first-order chi connectivity index (χ1) is 10.6. The Kier molecular flexibility index (Phi) is 3.48. The second-order valence-corrected chi connectivity index (χ2v) is 5.03. The second kappa shape index (κ2) is 5.33. The highest BCUT2D eigenvalue weighted by atomic mass is 16.5. The number of benzene rings is 1. The summed E-state index contributed by atoms with van der Waals surface area (Å²) in [6.45, 7) is 4.42. The minimum atomic E-state index is -0.432. The average Bonchev–Trinajstić information content (AvgIpc) is 2.89. The quantitative estimate of drug-likeness (QED) is 0.550. The highest BCUT2D eigenvalue weighted by Gasteiger charge is 2.25. The maximum atomic E-state index is 12.4. The Hall–Kier alpha value is -2.56. The molecule has 2 heterocycles. The van der Waals surface area contributed by atoms with Gasteiger partial charge in [0.05, 0.1) is 18.0 Å².